The number of nitrogens with one attached hydrogen (secondary N) is 1. The van der Waals surface area contributed by atoms with Gasteiger partial charge in [0.15, 0.2) is 0 Å². The molecular weight excluding hydrogens is 322 g/mol. The smallest absolute Gasteiger partial charge is 0.338 e. The fourth-order valence-electron chi connectivity index (χ4n) is 2.14. The molecule has 0 spiro atoms. The van der Waals surface area contributed by atoms with Crippen molar-refractivity contribution in [1.82, 2.24) is 0 Å². The number of esters is 1. The summed E-state index contributed by atoms with van der Waals surface area (Å²) in [5.74, 6) is -0.428. The Morgan fingerprint density at radius 2 is 1.88 bits per heavy atom. The zero-order valence-electron chi connectivity index (χ0n) is 14.0. The minimum Gasteiger partial charge on any atom is -0.462 e. The number of thioether (sulfide) groups is 1. The Morgan fingerprint density at radius 3 is 2.50 bits per heavy atom. The van der Waals surface area contributed by atoms with E-state index in [9.17, 15) is 9.59 Å². The number of anilines is 1. The van der Waals surface area contributed by atoms with Gasteiger partial charge in [0.1, 0.15) is 0 Å². The molecule has 1 atom stereocenters. The third kappa shape index (κ3) is 4.86. The molecule has 0 aliphatic rings. The molecule has 5 heteroatoms. The molecule has 0 bridgehead atoms. The summed E-state index contributed by atoms with van der Waals surface area (Å²) in [5.41, 5.74) is 2.01. The lowest BCUT2D eigenvalue weighted by molar-refractivity contribution is -0.115. The summed E-state index contributed by atoms with van der Waals surface area (Å²) in [4.78, 5) is 25.1. The second-order valence-corrected chi connectivity index (χ2v) is 6.73. The zero-order chi connectivity index (χ0) is 17.5. The first-order chi connectivity index (χ1) is 11.5. The van der Waals surface area contributed by atoms with Gasteiger partial charge in [0.05, 0.1) is 17.4 Å². The van der Waals surface area contributed by atoms with Gasteiger partial charge in [0, 0.05) is 10.6 Å². The number of rotatable bonds is 6. The molecule has 24 heavy (non-hydrogen) atoms. The summed E-state index contributed by atoms with van der Waals surface area (Å²) >= 11 is 1.51. The molecule has 2 rings (SSSR count). The van der Waals surface area contributed by atoms with Crippen LogP contribution >= 0.6 is 11.8 Å². The molecule has 0 aliphatic heterocycles. The molecule has 0 aliphatic carbocycles. The summed E-state index contributed by atoms with van der Waals surface area (Å²) in [5, 5.41) is 2.69. The van der Waals surface area contributed by atoms with Gasteiger partial charge < -0.3 is 10.1 Å². The summed E-state index contributed by atoms with van der Waals surface area (Å²) in [6, 6.07) is 14.9. The van der Waals surface area contributed by atoms with E-state index in [1.807, 2.05) is 44.2 Å². The van der Waals surface area contributed by atoms with Crippen molar-refractivity contribution in [2.24, 2.45) is 0 Å². The second-order valence-electron chi connectivity index (χ2n) is 5.31. The third-order valence-electron chi connectivity index (χ3n) is 3.42. The van der Waals surface area contributed by atoms with Gasteiger partial charge in [-0.1, -0.05) is 18.2 Å². The van der Waals surface area contributed by atoms with E-state index in [0.717, 1.165) is 10.5 Å². The first-order valence-electron chi connectivity index (χ1n) is 7.81. The van der Waals surface area contributed by atoms with Crippen LogP contribution in [0.3, 0.4) is 0 Å². The van der Waals surface area contributed by atoms with Crippen LogP contribution in [0.15, 0.2) is 53.4 Å². The Balaban J connectivity index is 2.02. The summed E-state index contributed by atoms with van der Waals surface area (Å²) in [6.07, 6.45) is 0. The largest absolute Gasteiger partial charge is 0.462 e. The van der Waals surface area contributed by atoms with Crippen molar-refractivity contribution in [2.45, 2.75) is 30.9 Å². The molecular formula is C19H21NO3S. The van der Waals surface area contributed by atoms with Gasteiger partial charge in [0.2, 0.25) is 5.91 Å². The van der Waals surface area contributed by atoms with E-state index in [4.69, 9.17) is 4.74 Å². The van der Waals surface area contributed by atoms with Gasteiger partial charge in [-0.05, 0) is 56.7 Å². The quantitative estimate of drug-likeness (QED) is 0.628. The van der Waals surface area contributed by atoms with Gasteiger partial charge in [0.25, 0.3) is 0 Å². The van der Waals surface area contributed by atoms with Crippen molar-refractivity contribution in [1.29, 1.82) is 0 Å². The Labute approximate surface area is 146 Å². The number of carbonyl (C=O) groups excluding carboxylic acids is 2. The number of benzene rings is 2. The third-order valence-corrected chi connectivity index (χ3v) is 4.53. The average molecular weight is 343 g/mol. The number of hydrogen-bond donors (Lipinski definition) is 1. The van der Waals surface area contributed by atoms with Crippen molar-refractivity contribution in [3.63, 3.8) is 0 Å². The van der Waals surface area contributed by atoms with Crippen molar-refractivity contribution in [3.8, 4) is 0 Å². The molecule has 0 saturated carbocycles. The summed E-state index contributed by atoms with van der Waals surface area (Å²) < 4.78 is 4.98. The topological polar surface area (TPSA) is 55.4 Å². The normalized spacial score (nSPS) is 11.6. The average Bonchev–Trinajstić information content (AvgIpc) is 2.57. The zero-order valence-corrected chi connectivity index (χ0v) is 14.9. The predicted octanol–water partition coefficient (Wildman–Crippen LogP) is 4.29. The lowest BCUT2D eigenvalue weighted by atomic mass is 10.1. The summed E-state index contributed by atoms with van der Waals surface area (Å²) in [7, 11) is 0. The predicted molar refractivity (Wildman–Crippen MR) is 97.5 cm³/mol. The van der Waals surface area contributed by atoms with Gasteiger partial charge >= 0.3 is 5.97 Å². The van der Waals surface area contributed by atoms with Gasteiger partial charge in [-0.25, -0.2) is 4.79 Å². The fourth-order valence-corrected chi connectivity index (χ4v) is 3.02. The van der Waals surface area contributed by atoms with E-state index in [0.29, 0.717) is 17.9 Å². The van der Waals surface area contributed by atoms with Crippen LogP contribution in [0.5, 0.6) is 0 Å². The van der Waals surface area contributed by atoms with E-state index in [1.54, 1.807) is 25.1 Å². The molecule has 0 heterocycles. The van der Waals surface area contributed by atoms with Crippen LogP contribution in [0.2, 0.25) is 0 Å². The van der Waals surface area contributed by atoms with Crippen LogP contribution in [0.4, 0.5) is 5.69 Å². The number of amides is 1. The van der Waals surface area contributed by atoms with Crippen molar-refractivity contribution in [2.75, 3.05) is 11.9 Å². The number of hydrogen-bond acceptors (Lipinski definition) is 4. The number of carbonyl (C=O) groups is 2. The van der Waals surface area contributed by atoms with Gasteiger partial charge in [-0.3, -0.25) is 4.79 Å². The standard InChI is InChI=1S/C19H21NO3S/c1-4-23-19(22)15-10-11-17(13(2)12-15)20-18(21)14(3)24-16-8-6-5-7-9-16/h5-12,14H,4H2,1-3H3,(H,20,21). The Kier molecular flexibility index (Phi) is 6.44. The highest BCUT2D eigenvalue weighted by Crippen LogP contribution is 2.24. The number of ether oxygens (including phenoxy) is 1. The van der Waals surface area contributed by atoms with E-state index >= 15 is 0 Å². The molecule has 1 N–H and O–H groups in total. The molecule has 0 saturated heterocycles. The molecule has 126 valence electrons. The minimum atomic E-state index is -0.355. The maximum Gasteiger partial charge on any atom is 0.338 e. The van der Waals surface area contributed by atoms with E-state index in [1.165, 1.54) is 11.8 Å². The van der Waals surface area contributed by atoms with Crippen LogP contribution in [-0.2, 0) is 9.53 Å². The first-order valence-corrected chi connectivity index (χ1v) is 8.69. The SMILES string of the molecule is CCOC(=O)c1ccc(NC(=O)C(C)Sc2ccccc2)c(C)c1. The first kappa shape index (κ1) is 18.1. The van der Waals surface area contributed by atoms with Crippen LogP contribution in [0.25, 0.3) is 0 Å². The molecule has 4 nitrogen and oxygen atoms in total. The van der Waals surface area contributed by atoms with Crippen molar-refractivity contribution < 1.29 is 14.3 Å². The molecule has 2 aromatic carbocycles. The lowest BCUT2D eigenvalue weighted by Gasteiger charge is -2.14. The van der Waals surface area contributed by atoms with Crippen LogP contribution in [0, 0.1) is 6.92 Å². The molecule has 0 radical (unpaired) electrons. The second kappa shape index (κ2) is 8.55. The molecule has 0 aromatic heterocycles. The van der Waals surface area contributed by atoms with Crippen molar-refractivity contribution in [3.05, 3.63) is 59.7 Å². The minimum absolute atomic E-state index is 0.0733. The lowest BCUT2D eigenvalue weighted by Crippen LogP contribution is -2.23. The van der Waals surface area contributed by atoms with Crippen molar-refractivity contribution >= 4 is 29.3 Å². The highest BCUT2D eigenvalue weighted by molar-refractivity contribution is 8.00. The molecule has 1 amide bonds. The Bertz CT molecular complexity index is 716. The molecule has 1 unspecified atom stereocenters. The Morgan fingerprint density at radius 1 is 1.17 bits per heavy atom. The van der Waals surface area contributed by atoms with Gasteiger partial charge in [-0.2, -0.15) is 0 Å². The van der Waals surface area contributed by atoms with Crippen LogP contribution in [0.1, 0.15) is 29.8 Å². The molecule has 0 fully saturated rings. The fraction of sp³-hybridized carbons (Fsp3) is 0.263. The van der Waals surface area contributed by atoms with E-state index in [-0.39, 0.29) is 17.1 Å². The maximum atomic E-state index is 12.4. The Hall–Kier alpha value is -2.27. The number of aryl methyl sites for hydroxylation is 1. The van der Waals surface area contributed by atoms with E-state index in [2.05, 4.69) is 5.32 Å². The van der Waals surface area contributed by atoms with E-state index < -0.39 is 0 Å². The molecule has 2 aromatic rings. The highest BCUT2D eigenvalue weighted by Gasteiger charge is 2.16. The van der Waals surface area contributed by atoms with Crippen LogP contribution in [-0.4, -0.2) is 23.7 Å². The van der Waals surface area contributed by atoms with Crippen LogP contribution < -0.4 is 5.32 Å². The summed E-state index contributed by atoms with van der Waals surface area (Å²) in [6.45, 7) is 5.83. The van der Waals surface area contributed by atoms with Gasteiger partial charge in [-0.15, -0.1) is 11.8 Å². The maximum absolute atomic E-state index is 12.4. The monoisotopic (exact) mass is 343 g/mol. The highest BCUT2D eigenvalue weighted by atomic mass is 32.2.